The third kappa shape index (κ3) is 5.56. The van der Waals surface area contributed by atoms with Crippen LogP contribution in [0.15, 0.2) is 54.4 Å². The average Bonchev–Trinajstić information content (AvgIpc) is 3.69. The molecule has 0 N–H and O–H groups in total. The van der Waals surface area contributed by atoms with Gasteiger partial charge in [-0.05, 0) is 74.3 Å². The lowest BCUT2D eigenvalue weighted by molar-refractivity contribution is -0.140. The Morgan fingerprint density at radius 2 is 1.76 bits per heavy atom. The van der Waals surface area contributed by atoms with Gasteiger partial charge in [0.2, 0.25) is 5.91 Å². The van der Waals surface area contributed by atoms with Crippen molar-refractivity contribution in [2.45, 2.75) is 39.7 Å². The number of likely N-dealkylation sites (tertiary alicyclic amines) is 1. The van der Waals surface area contributed by atoms with Gasteiger partial charge in [0.1, 0.15) is 24.5 Å². The zero-order chi connectivity index (χ0) is 29.1. The van der Waals surface area contributed by atoms with E-state index in [0.29, 0.717) is 18.0 Å². The molecule has 3 heterocycles. The molecule has 1 aromatic heterocycles. The summed E-state index contributed by atoms with van der Waals surface area (Å²) in [6.07, 6.45) is 6.51. The molecule has 0 aliphatic carbocycles. The first-order valence-corrected chi connectivity index (χ1v) is 14.3. The van der Waals surface area contributed by atoms with Gasteiger partial charge in [-0.25, -0.2) is 0 Å². The van der Waals surface area contributed by atoms with Gasteiger partial charge in [-0.3, -0.25) is 19.3 Å². The Morgan fingerprint density at radius 1 is 1.02 bits per heavy atom. The van der Waals surface area contributed by atoms with Gasteiger partial charge in [0, 0.05) is 30.2 Å². The molecular weight excluding hydrogens is 540 g/mol. The van der Waals surface area contributed by atoms with E-state index in [1.807, 2.05) is 34.7 Å². The summed E-state index contributed by atoms with van der Waals surface area (Å²) in [4.78, 5) is 44.2. The molecule has 0 spiro atoms. The molecule has 41 heavy (non-hydrogen) atoms. The maximum Gasteiger partial charge on any atom is 0.325 e. The quantitative estimate of drug-likeness (QED) is 0.213. The highest BCUT2D eigenvalue weighted by molar-refractivity contribution is 7.80. The van der Waals surface area contributed by atoms with E-state index in [0.717, 1.165) is 54.4 Å². The second kappa shape index (κ2) is 12.1. The van der Waals surface area contributed by atoms with Gasteiger partial charge in [-0.1, -0.05) is 25.1 Å². The first kappa shape index (κ1) is 28.4. The first-order valence-electron chi connectivity index (χ1n) is 13.9. The number of methoxy groups -OCH3 is 1. The van der Waals surface area contributed by atoms with E-state index >= 15 is 0 Å². The lowest BCUT2D eigenvalue weighted by Gasteiger charge is -2.19. The minimum atomic E-state index is -0.522. The summed E-state index contributed by atoms with van der Waals surface area (Å²) in [6, 6.07) is 13.1. The van der Waals surface area contributed by atoms with Gasteiger partial charge < -0.3 is 23.8 Å². The molecule has 5 rings (SSSR count). The van der Waals surface area contributed by atoms with Crippen molar-refractivity contribution in [3.8, 4) is 5.75 Å². The molecule has 0 atom stereocenters. The summed E-state index contributed by atoms with van der Waals surface area (Å²) in [7, 11) is 1.30. The van der Waals surface area contributed by atoms with Crippen LogP contribution in [0.3, 0.4) is 0 Å². The largest absolute Gasteiger partial charge is 0.494 e. The second-order valence-corrected chi connectivity index (χ2v) is 10.4. The Balaban J connectivity index is 1.58. The SMILES string of the molecule is CCOc1ccc(N2C(=O)/C(=C/c3cn(CC(=O)N4CCCC4)c4c(CC)cccc34)N(CC(=O)OC)C2=S)cc1. The number of carbonyl (C=O) groups excluding carboxylic acids is 3. The van der Waals surface area contributed by atoms with Crippen LogP contribution in [0.2, 0.25) is 0 Å². The summed E-state index contributed by atoms with van der Waals surface area (Å²) < 4.78 is 12.4. The second-order valence-electron chi connectivity index (χ2n) is 10.0. The molecule has 3 aromatic rings. The number of nitrogens with zero attached hydrogens (tertiary/aromatic N) is 4. The molecule has 0 unspecified atom stereocenters. The van der Waals surface area contributed by atoms with E-state index in [-0.39, 0.29) is 35.7 Å². The van der Waals surface area contributed by atoms with Crippen molar-refractivity contribution >= 4 is 57.8 Å². The Kier molecular flexibility index (Phi) is 8.39. The number of aryl methyl sites for hydroxylation is 1. The van der Waals surface area contributed by atoms with Crippen molar-refractivity contribution < 1.29 is 23.9 Å². The average molecular weight is 575 g/mol. The number of rotatable bonds is 9. The number of carbonyl (C=O) groups is 3. The van der Waals surface area contributed by atoms with Crippen molar-refractivity contribution in [2.24, 2.45) is 0 Å². The van der Waals surface area contributed by atoms with E-state index in [1.165, 1.54) is 16.9 Å². The summed E-state index contributed by atoms with van der Waals surface area (Å²) in [5, 5.41) is 1.10. The van der Waals surface area contributed by atoms with Crippen LogP contribution in [0, 0.1) is 0 Å². The first-order chi connectivity index (χ1) is 19.9. The van der Waals surface area contributed by atoms with Crippen molar-refractivity contribution in [3.63, 3.8) is 0 Å². The van der Waals surface area contributed by atoms with Gasteiger partial charge in [0.25, 0.3) is 5.91 Å². The van der Waals surface area contributed by atoms with Gasteiger partial charge >= 0.3 is 5.97 Å². The molecular formula is C31H34N4O5S. The van der Waals surface area contributed by atoms with Crippen molar-refractivity contribution in [3.05, 3.63) is 65.5 Å². The van der Waals surface area contributed by atoms with E-state index < -0.39 is 5.97 Å². The number of thiocarbonyl (C=S) groups is 1. The fourth-order valence-corrected chi connectivity index (χ4v) is 5.81. The number of hydrogen-bond donors (Lipinski definition) is 0. The predicted octanol–water partition coefficient (Wildman–Crippen LogP) is 4.37. The summed E-state index contributed by atoms with van der Waals surface area (Å²) in [5.74, 6) is -0.120. The third-order valence-electron chi connectivity index (χ3n) is 7.51. The molecule has 10 heteroatoms. The van der Waals surface area contributed by atoms with Crippen LogP contribution in [0.1, 0.15) is 37.8 Å². The molecule has 2 saturated heterocycles. The molecule has 0 bridgehead atoms. The van der Waals surface area contributed by atoms with Gasteiger partial charge in [-0.2, -0.15) is 0 Å². The molecule has 9 nitrogen and oxygen atoms in total. The minimum Gasteiger partial charge on any atom is -0.494 e. The number of fused-ring (bicyclic) bond motifs is 1. The summed E-state index contributed by atoms with van der Waals surface area (Å²) >= 11 is 5.72. The van der Waals surface area contributed by atoms with Crippen LogP contribution in [-0.4, -0.2) is 70.6 Å². The molecule has 0 saturated carbocycles. The van der Waals surface area contributed by atoms with Crippen LogP contribution in [0.5, 0.6) is 5.75 Å². The number of aromatic nitrogens is 1. The summed E-state index contributed by atoms with van der Waals surface area (Å²) in [5.41, 5.74) is 3.65. The van der Waals surface area contributed by atoms with Crippen LogP contribution in [-0.2, 0) is 32.1 Å². The van der Waals surface area contributed by atoms with E-state index in [1.54, 1.807) is 30.3 Å². The molecule has 2 fully saturated rings. The fourth-order valence-electron chi connectivity index (χ4n) is 5.46. The predicted molar refractivity (Wildman–Crippen MR) is 162 cm³/mol. The van der Waals surface area contributed by atoms with Crippen LogP contribution < -0.4 is 9.64 Å². The number of para-hydroxylation sites is 1. The van der Waals surface area contributed by atoms with E-state index in [2.05, 4.69) is 13.0 Å². The highest BCUT2D eigenvalue weighted by Crippen LogP contribution is 2.33. The number of hydrogen-bond acceptors (Lipinski definition) is 6. The smallest absolute Gasteiger partial charge is 0.325 e. The molecule has 2 aromatic carbocycles. The maximum atomic E-state index is 13.9. The van der Waals surface area contributed by atoms with Gasteiger partial charge in [-0.15, -0.1) is 0 Å². The Hall–Kier alpha value is -4.18. The highest BCUT2D eigenvalue weighted by atomic mass is 32.1. The fraction of sp³-hybridized carbons (Fsp3) is 0.355. The molecule has 2 amide bonds. The van der Waals surface area contributed by atoms with Crippen molar-refractivity contribution in [2.75, 3.05) is 38.3 Å². The van der Waals surface area contributed by atoms with Gasteiger partial charge in [0.15, 0.2) is 5.11 Å². The lowest BCUT2D eigenvalue weighted by atomic mass is 10.1. The normalized spacial score (nSPS) is 16.4. The Bertz CT molecular complexity index is 1520. The van der Waals surface area contributed by atoms with Crippen LogP contribution >= 0.6 is 12.2 Å². The number of anilines is 1. The minimum absolute atomic E-state index is 0.0802. The summed E-state index contributed by atoms with van der Waals surface area (Å²) in [6.45, 7) is 6.07. The van der Waals surface area contributed by atoms with Crippen molar-refractivity contribution in [1.29, 1.82) is 0 Å². The maximum absolute atomic E-state index is 13.9. The van der Waals surface area contributed by atoms with Gasteiger partial charge in [0.05, 0.1) is 24.9 Å². The van der Waals surface area contributed by atoms with E-state index in [9.17, 15) is 14.4 Å². The zero-order valence-corrected chi connectivity index (χ0v) is 24.4. The number of esters is 1. The molecule has 214 valence electrons. The molecule has 2 aliphatic heterocycles. The Labute approximate surface area is 244 Å². The third-order valence-corrected chi connectivity index (χ3v) is 7.91. The standard InChI is InChI=1S/C31H34N4O5S/c1-4-21-9-8-10-25-22(18-33(29(21)25)19-27(36)32-15-6-7-16-32)17-26-30(38)35(31(41)34(26)20-28(37)39-3)23-11-13-24(14-12-23)40-5-2/h8-14,17-18H,4-7,15-16,19-20H2,1-3H3/b26-17-. The monoisotopic (exact) mass is 574 g/mol. The molecule has 0 radical (unpaired) electrons. The number of amides is 2. The number of benzene rings is 2. The zero-order valence-electron chi connectivity index (χ0n) is 23.6. The topological polar surface area (TPSA) is 84.3 Å². The molecule has 2 aliphatic rings. The van der Waals surface area contributed by atoms with E-state index in [4.69, 9.17) is 21.7 Å². The van der Waals surface area contributed by atoms with Crippen LogP contribution in [0.25, 0.3) is 17.0 Å². The van der Waals surface area contributed by atoms with Crippen LogP contribution in [0.4, 0.5) is 5.69 Å². The highest BCUT2D eigenvalue weighted by Gasteiger charge is 2.40. The number of ether oxygens (including phenoxy) is 2. The van der Waals surface area contributed by atoms with Crippen molar-refractivity contribution in [1.82, 2.24) is 14.4 Å². The lowest BCUT2D eigenvalue weighted by Crippen LogP contribution is -2.35. The Morgan fingerprint density at radius 3 is 2.41 bits per heavy atom.